The first-order chi connectivity index (χ1) is 8.35. The molecule has 0 aliphatic carbocycles. The highest BCUT2D eigenvalue weighted by Crippen LogP contribution is 2.12. The quantitative estimate of drug-likeness (QED) is 0.820. The summed E-state index contributed by atoms with van der Waals surface area (Å²) in [7, 11) is 0. The van der Waals surface area contributed by atoms with Gasteiger partial charge in [0.05, 0.1) is 6.10 Å². The van der Waals surface area contributed by atoms with E-state index in [1.807, 2.05) is 0 Å². The molecular formula is C14H24N2O. The van der Waals surface area contributed by atoms with Gasteiger partial charge < -0.3 is 14.6 Å². The Balaban J connectivity index is 1.83. The highest BCUT2D eigenvalue weighted by Gasteiger charge is 2.14. The second-order valence-corrected chi connectivity index (χ2v) is 4.68. The summed E-state index contributed by atoms with van der Waals surface area (Å²) >= 11 is 0. The highest BCUT2D eigenvalue weighted by atomic mass is 16.5. The second kappa shape index (κ2) is 6.22. The number of aryl methyl sites for hydroxylation is 1. The Morgan fingerprint density at radius 1 is 1.35 bits per heavy atom. The average Bonchev–Trinajstić information content (AvgIpc) is 2.97. The fourth-order valence-electron chi connectivity index (χ4n) is 2.59. The van der Waals surface area contributed by atoms with E-state index >= 15 is 0 Å². The smallest absolute Gasteiger partial charge is 0.0700 e. The van der Waals surface area contributed by atoms with Crippen LogP contribution in [0.25, 0.3) is 0 Å². The molecule has 3 heteroatoms. The maximum atomic E-state index is 5.60. The molecule has 0 amide bonds. The van der Waals surface area contributed by atoms with Gasteiger partial charge in [0.2, 0.25) is 0 Å². The third-order valence-corrected chi connectivity index (χ3v) is 3.54. The van der Waals surface area contributed by atoms with Crippen LogP contribution in [-0.2, 0) is 24.2 Å². The van der Waals surface area contributed by atoms with Crippen molar-refractivity contribution >= 4 is 0 Å². The average molecular weight is 236 g/mol. The van der Waals surface area contributed by atoms with Crippen LogP contribution in [0.15, 0.2) is 12.1 Å². The van der Waals surface area contributed by atoms with Crippen molar-refractivity contribution in [1.82, 2.24) is 9.88 Å². The van der Waals surface area contributed by atoms with Gasteiger partial charge in [-0.05, 0) is 38.3 Å². The lowest BCUT2D eigenvalue weighted by Crippen LogP contribution is -2.26. The Morgan fingerprint density at radius 2 is 2.18 bits per heavy atom. The van der Waals surface area contributed by atoms with Crippen LogP contribution in [0, 0.1) is 0 Å². The first-order valence-electron chi connectivity index (χ1n) is 6.84. The normalized spacial score (nSPS) is 20.0. The predicted molar refractivity (Wildman–Crippen MR) is 70.2 cm³/mol. The van der Waals surface area contributed by atoms with Gasteiger partial charge in [-0.2, -0.15) is 0 Å². The Bertz CT molecular complexity index is 340. The fraction of sp³-hybridized carbons (Fsp3) is 0.714. The summed E-state index contributed by atoms with van der Waals surface area (Å²) in [6, 6.07) is 4.48. The Kier molecular flexibility index (Phi) is 4.63. The lowest BCUT2D eigenvalue weighted by atomic mass is 10.2. The molecule has 1 aromatic rings. The van der Waals surface area contributed by atoms with Crippen molar-refractivity contribution in [1.29, 1.82) is 0 Å². The van der Waals surface area contributed by atoms with Crippen LogP contribution < -0.4 is 5.32 Å². The number of ether oxygens (including phenoxy) is 1. The summed E-state index contributed by atoms with van der Waals surface area (Å²) in [6.45, 7) is 8.36. The third-order valence-electron chi connectivity index (χ3n) is 3.54. The molecule has 1 N–H and O–H groups in total. The summed E-state index contributed by atoms with van der Waals surface area (Å²) in [6.07, 6.45) is 3.98. The SMILES string of the molecule is CCc1ccc(CNC[C@@H]2CCCO2)n1CC. The number of aromatic nitrogens is 1. The fourth-order valence-corrected chi connectivity index (χ4v) is 2.59. The Hall–Kier alpha value is -0.800. The van der Waals surface area contributed by atoms with Crippen molar-refractivity contribution in [3.8, 4) is 0 Å². The van der Waals surface area contributed by atoms with Gasteiger partial charge in [-0.25, -0.2) is 0 Å². The summed E-state index contributed by atoms with van der Waals surface area (Å²) in [5.41, 5.74) is 2.82. The van der Waals surface area contributed by atoms with Crippen LogP contribution in [0.5, 0.6) is 0 Å². The molecule has 0 saturated carbocycles. The van der Waals surface area contributed by atoms with Crippen molar-refractivity contribution in [3.05, 3.63) is 23.5 Å². The monoisotopic (exact) mass is 236 g/mol. The Labute approximate surface area is 104 Å². The first kappa shape index (κ1) is 12.7. The lowest BCUT2D eigenvalue weighted by molar-refractivity contribution is 0.110. The predicted octanol–water partition coefficient (Wildman–Crippen LogP) is 2.34. The van der Waals surface area contributed by atoms with E-state index in [-0.39, 0.29) is 0 Å². The van der Waals surface area contributed by atoms with E-state index in [1.54, 1.807) is 0 Å². The molecule has 1 aromatic heterocycles. The van der Waals surface area contributed by atoms with Crippen LogP contribution in [0.1, 0.15) is 38.1 Å². The lowest BCUT2D eigenvalue weighted by Gasteiger charge is -2.13. The molecule has 17 heavy (non-hydrogen) atoms. The molecule has 1 aliphatic rings. The number of hydrogen-bond donors (Lipinski definition) is 1. The minimum absolute atomic E-state index is 0.436. The third kappa shape index (κ3) is 3.11. The van der Waals surface area contributed by atoms with Crippen LogP contribution in [0.2, 0.25) is 0 Å². The zero-order chi connectivity index (χ0) is 12.1. The summed E-state index contributed by atoms with van der Waals surface area (Å²) < 4.78 is 8.01. The molecule has 0 bridgehead atoms. The second-order valence-electron chi connectivity index (χ2n) is 4.68. The Morgan fingerprint density at radius 3 is 2.82 bits per heavy atom. The standard InChI is InChI=1S/C14H24N2O/c1-3-12-7-8-13(16(12)4-2)10-15-11-14-6-5-9-17-14/h7-8,14-15H,3-6,9-11H2,1-2H3/t14-/m0/s1. The maximum Gasteiger partial charge on any atom is 0.0700 e. The number of hydrogen-bond acceptors (Lipinski definition) is 2. The van der Waals surface area contributed by atoms with E-state index in [0.29, 0.717) is 6.10 Å². The van der Waals surface area contributed by atoms with Gasteiger partial charge in [0.15, 0.2) is 0 Å². The molecule has 0 unspecified atom stereocenters. The molecule has 2 rings (SSSR count). The van der Waals surface area contributed by atoms with Crippen LogP contribution >= 0.6 is 0 Å². The summed E-state index contributed by atoms with van der Waals surface area (Å²) in [5.74, 6) is 0. The van der Waals surface area contributed by atoms with Gasteiger partial charge in [-0.15, -0.1) is 0 Å². The molecule has 1 fully saturated rings. The maximum absolute atomic E-state index is 5.60. The molecule has 1 saturated heterocycles. The first-order valence-corrected chi connectivity index (χ1v) is 6.84. The molecule has 0 aromatic carbocycles. The largest absolute Gasteiger partial charge is 0.377 e. The van der Waals surface area contributed by atoms with Gasteiger partial charge >= 0.3 is 0 Å². The molecule has 0 radical (unpaired) electrons. The molecule has 3 nitrogen and oxygen atoms in total. The molecule has 2 heterocycles. The molecule has 96 valence electrons. The molecule has 0 spiro atoms. The van der Waals surface area contributed by atoms with Crippen LogP contribution in [0.3, 0.4) is 0 Å². The van der Waals surface area contributed by atoms with E-state index in [2.05, 4.69) is 35.9 Å². The van der Waals surface area contributed by atoms with Crippen LogP contribution in [0.4, 0.5) is 0 Å². The number of rotatable bonds is 6. The van der Waals surface area contributed by atoms with Crippen LogP contribution in [-0.4, -0.2) is 23.8 Å². The summed E-state index contributed by atoms with van der Waals surface area (Å²) in [5, 5.41) is 3.51. The van der Waals surface area contributed by atoms with Crippen molar-refractivity contribution in [2.75, 3.05) is 13.2 Å². The minimum Gasteiger partial charge on any atom is -0.377 e. The number of nitrogens with zero attached hydrogens (tertiary/aromatic N) is 1. The minimum atomic E-state index is 0.436. The van der Waals surface area contributed by atoms with Gasteiger partial charge in [0, 0.05) is 37.6 Å². The zero-order valence-corrected chi connectivity index (χ0v) is 11.0. The van der Waals surface area contributed by atoms with Crippen molar-refractivity contribution in [2.24, 2.45) is 0 Å². The topological polar surface area (TPSA) is 26.2 Å². The summed E-state index contributed by atoms with van der Waals surface area (Å²) in [4.78, 5) is 0. The van der Waals surface area contributed by atoms with E-state index in [1.165, 1.54) is 24.2 Å². The van der Waals surface area contributed by atoms with E-state index < -0.39 is 0 Å². The molecule has 1 aliphatic heterocycles. The van der Waals surface area contributed by atoms with Crippen molar-refractivity contribution in [3.63, 3.8) is 0 Å². The van der Waals surface area contributed by atoms with Gasteiger partial charge in [0.25, 0.3) is 0 Å². The number of nitrogens with one attached hydrogen (secondary N) is 1. The zero-order valence-electron chi connectivity index (χ0n) is 11.0. The van der Waals surface area contributed by atoms with Gasteiger partial charge in [0.1, 0.15) is 0 Å². The van der Waals surface area contributed by atoms with E-state index in [4.69, 9.17) is 4.74 Å². The van der Waals surface area contributed by atoms with Gasteiger partial charge in [-0.1, -0.05) is 6.92 Å². The molecular weight excluding hydrogens is 212 g/mol. The highest BCUT2D eigenvalue weighted by molar-refractivity contribution is 5.16. The van der Waals surface area contributed by atoms with E-state index in [0.717, 1.165) is 32.7 Å². The van der Waals surface area contributed by atoms with Crippen molar-refractivity contribution < 1.29 is 4.74 Å². The molecule has 1 atom stereocenters. The van der Waals surface area contributed by atoms with E-state index in [9.17, 15) is 0 Å². The van der Waals surface area contributed by atoms with Crippen molar-refractivity contribution in [2.45, 2.75) is 52.3 Å². The van der Waals surface area contributed by atoms with Gasteiger partial charge in [-0.3, -0.25) is 0 Å².